The topological polar surface area (TPSA) is 112 Å². The molecule has 0 aromatic carbocycles. The molecule has 1 fully saturated rings. The molecule has 1 saturated heterocycles. The zero-order valence-electron chi connectivity index (χ0n) is 14.3. The van der Waals surface area contributed by atoms with Crippen LogP contribution in [0.3, 0.4) is 0 Å². The largest absolute Gasteiger partial charge is 0.364 e. The lowest BCUT2D eigenvalue weighted by atomic mass is 10.1. The highest BCUT2D eigenvalue weighted by Crippen LogP contribution is 2.26. The van der Waals surface area contributed by atoms with E-state index in [0.29, 0.717) is 11.3 Å². The van der Waals surface area contributed by atoms with Gasteiger partial charge in [0, 0.05) is 19.2 Å². The second kappa shape index (κ2) is 6.26. The van der Waals surface area contributed by atoms with E-state index in [2.05, 4.69) is 15.4 Å². The van der Waals surface area contributed by atoms with Gasteiger partial charge >= 0.3 is 0 Å². The number of aryl methyl sites for hydroxylation is 2. The summed E-state index contributed by atoms with van der Waals surface area (Å²) < 4.78 is 17.1. The highest BCUT2D eigenvalue weighted by molar-refractivity contribution is 5.96. The van der Waals surface area contributed by atoms with Crippen molar-refractivity contribution < 1.29 is 14.0 Å². The number of aromatic nitrogens is 5. The van der Waals surface area contributed by atoms with Crippen LogP contribution >= 0.6 is 0 Å². The lowest BCUT2D eigenvalue weighted by Crippen LogP contribution is -2.39. The third-order valence-electron chi connectivity index (χ3n) is 4.54. The van der Waals surface area contributed by atoms with Gasteiger partial charge in [0.25, 0.3) is 11.8 Å². The van der Waals surface area contributed by atoms with Crippen molar-refractivity contribution in [2.24, 2.45) is 12.8 Å². The SMILES string of the molecule is Cc1nn(C)c(C)c1C(=O)N1C[C@@H](F)C[C@H]1Cn1cc(C(N)=O)nn1. The fraction of sp³-hybridized carbons (Fsp3) is 0.533. The minimum absolute atomic E-state index is 0.0225. The summed E-state index contributed by atoms with van der Waals surface area (Å²) >= 11 is 0. The normalized spacial score (nSPS) is 20.2. The van der Waals surface area contributed by atoms with Gasteiger partial charge in [-0.1, -0.05) is 5.21 Å². The maximum atomic E-state index is 14.0. The number of hydrogen-bond donors (Lipinski definition) is 1. The summed E-state index contributed by atoms with van der Waals surface area (Å²) in [4.78, 5) is 25.6. The molecule has 1 aliphatic rings. The highest BCUT2D eigenvalue weighted by Gasteiger charge is 2.37. The number of carbonyl (C=O) groups excluding carboxylic acids is 2. The van der Waals surface area contributed by atoms with E-state index in [4.69, 9.17) is 5.73 Å². The molecular weight excluding hydrogens is 329 g/mol. The number of alkyl halides is 1. The van der Waals surface area contributed by atoms with Crippen LogP contribution in [0, 0.1) is 13.8 Å². The van der Waals surface area contributed by atoms with Crippen LogP contribution in [0.1, 0.15) is 38.7 Å². The molecule has 2 atom stereocenters. The number of carbonyl (C=O) groups is 2. The van der Waals surface area contributed by atoms with Gasteiger partial charge in [0.2, 0.25) is 0 Å². The van der Waals surface area contributed by atoms with Crippen molar-refractivity contribution in [3.05, 3.63) is 28.8 Å². The van der Waals surface area contributed by atoms with Gasteiger partial charge in [-0.05, 0) is 13.8 Å². The summed E-state index contributed by atoms with van der Waals surface area (Å²) in [7, 11) is 1.76. The molecule has 9 nitrogen and oxygen atoms in total. The van der Waals surface area contributed by atoms with E-state index in [-0.39, 0.29) is 37.2 Å². The Bertz CT molecular complexity index is 828. The minimum atomic E-state index is -1.11. The van der Waals surface area contributed by atoms with Crippen LogP contribution in [0.15, 0.2) is 6.20 Å². The van der Waals surface area contributed by atoms with Crippen molar-refractivity contribution in [2.45, 2.75) is 39.0 Å². The average molecular weight is 349 g/mol. The van der Waals surface area contributed by atoms with Gasteiger partial charge < -0.3 is 10.6 Å². The number of primary amides is 1. The molecule has 25 heavy (non-hydrogen) atoms. The number of nitrogens with two attached hydrogens (primary N) is 1. The second-order valence-corrected chi connectivity index (χ2v) is 6.30. The Kier molecular flexibility index (Phi) is 4.27. The summed E-state index contributed by atoms with van der Waals surface area (Å²) in [5.74, 6) is -0.931. The first-order valence-corrected chi connectivity index (χ1v) is 7.93. The predicted molar refractivity (Wildman–Crippen MR) is 85.6 cm³/mol. The Hall–Kier alpha value is -2.78. The van der Waals surface area contributed by atoms with Gasteiger partial charge in [-0.25, -0.2) is 9.07 Å². The van der Waals surface area contributed by atoms with E-state index in [1.807, 2.05) is 6.92 Å². The monoisotopic (exact) mass is 349 g/mol. The van der Waals surface area contributed by atoms with Gasteiger partial charge in [-0.3, -0.25) is 14.3 Å². The summed E-state index contributed by atoms with van der Waals surface area (Å²) in [6, 6.07) is -0.385. The number of hydrogen-bond acceptors (Lipinski definition) is 5. The van der Waals surface area contributed by atoms with Gasteiger partial charge in [0.05, 0.1) is 36.6 Å². The van der Waals surface area contributed by atoms with Crippen molar-refractivity contribution in [2.75, 3.05) is 6.54 Å². The first-order valence-electron chi connectivity index (χ1n) is 7.93. The molecule has 2 N–H and O–H groups in total. The second-order valence-electron chi connectivity index (χ2n) is 6.30. The maximum Gasteiger partial charge on any atom is 0.270 e. The van der Waals surface area contributed by atoms with Crippen LogP contribution < -0.4 is 5.73 Å². The molecule has 2 aromatic rings. The first kappa shape index (κ1) is 17.1. The van der Waals surface area contributed by atoms with Crippen LogP contribution in [0.5, 0.6) is 0 Å². The standard InChI is InChI=1S/C15H20FN7O2/c1-8-13(9(2)21(3)19-8)15(25)23-5-10(16)4-11(23)6-22-7-12(14(17)24)18-20-22/h7,10-11H,4-6H2,1-3H3,(H2,17,24)/t10-,11-/m0/s1. The molecule has 0 saturated carbocycles. The molecule has 2 amide bonds. The third kappa shape index (κ3) is 3.11. The molecule has 0 radical (unpaired) electrons. The van der Waals surface area contributed by atoms with Gasteiger partial charge in [-0.15, -0.1) is 5.10 Å². The lowest BCUT2D eigenvalue weighted by molar-refractivity contribution is 0.0712. The van der Waals surface area contributed by atoms with E-state index in [9.17, 15) is 14.0 Å². The van der Waals surface area contributed by atoms with Crippen molar-refractivity contribution in [3.63, 3.8) is 0 Å². The molecular formula is C15H20FN7O2. The van der Waals surface area contributed by atoms with Crippen molar-refractivity contribution >= 4 is 11.8 Å². The zero-order chi connectivity index (χ0) is 18.3. The van der Waals surface area contributed by atoms with Crippen LogP contribution in [0.2, 0.25) is 0 Å². The fourth-order valence-electron chi connectivity index (χ4n) is 3.22. The highest BCUT2D eigenvalue weighted by atomic mass is 19.1. The lowest BCUT2D eigenvalue weighted by Gasteiger charge is -2.24. The van der Waals surface area contributed by atoms with Crippen LogP contribution in [-0.4, -0.2) is 60.2 Å². The number of amides is 2. The molecule has 0 spiro atoms. The van der Waals surface area contributed by atoms with E-state index in [0.717, 1.165) is 5.69 Å². The van der Waals surface area contributed by atoms with Crippen molar-refractivity contribution in [1.29, 1.82) is 0 Å². The van der Waals surface area contributed by atoms with E-state index < -0.39 is 12.1 Å². The van der Waals surface area contributed by atoms with Gasteiger partial charge in [0.1, 0.15) is 6.17 Å². The first-order chi connectivity index (χ1) is 11.8. The van der Waals surface area contributed by atoms with E-state index in [1.165, 1.54) is 15.8 Å². The minimum Gasteiger partial charge on any atom is -0.364 e. The van der Waals surface area contributed by atoms with E-state index in [1.54, 1.807) is 18.7 Å². The zero-order valence-corrected chi connectivity index (χ0v) is 14.3. The average Bonchev–Trinajstić information content (AvgIpc) is 3.19. The van der Waals surface area contributed by atoms with Crippen molar-refractivity contribution in [3.8, 4) is 0 Å². The smallest absolute Gasteiger partial charge is 0.270 e. The summed E-state index contributed by atoms with van der Waals surface area (Å²) in [5, 5.41) is 11.7. The molecule has 10 heteroatoms. The molecule has 134 valence electrons. The van der Waals surface area contributed by atoms with Crippen LogP contribution in [0.4, 0.5) is 4.39 Å². The molecule has 3 heterocycles. The Balaban J connectivity index is 1.83. The Morgan fingerprint density at radius 2 is 2.12 bits per heavy atom. The van der Waals surface area contributed by atoms with Gasteiger partial charge in [-0.2, -0.15) is 5.10 Å². The number of rotatable bonds is 4. The Morgan fingerprint density at radius 3 is 2.68 bits per heavy atom. The summed E-state index contributed by atoms with van der Waals surface area (Å²) in [6.07, 6.45) is 0.498. The maximum absolute atomic E-state index is 14.0. The summed E-state index contributed by atoms with van der Waals surface area (Å²) in [6.45, 7) is 3.83. The van der Waals surface area contributed by atoms with E-state index >= 15 is 0 Å². The summed E-state index contributed by atoms with van der Waals surface area (Å²) in [5.41, 5.74) is 7.04. The molecule has 1 aliphatic heterocycles. The Morgan fingerprint density at radius 1 is 1.40 bits per heavy atom. The molecule has 3 rings (SSSR count). The van der Waals surface area contributed by atoms with Gasteiger partial charge in [0.15, 0.2) is 5.69 Å². The molecule has 0 unspecified atom stereocenters. The molecule has 2 aromatic heterocycles. The quantitative estimate of drug-likeness (QED) is 0.834. The predicted octanol–water partition coefficient (Wildman–Crippen LogP) is -0.0199. The molecule has 0 bridgehead atoms. The fourth-order valence-corrected chi connectivity index (χ4v) is 3.22. The van der Waals surface area contributed by atoms with Crippen LogP contribution in [-0.2, 0) is 13.6 Å². The third-order valence-corrected chi connectivity index (χ3v) is 4.54. The number of halogens is 1. The molecule has 0 aliphatic carbocycles. The van der Waals surface area contributed by atoms with Crippen LogP contribution in [0.25, 0.3) is 0 Å². The number of likely N-dealkylation sites (tertiary alicyclic amines) is 1. The van der Waals surface area contributed by atoms with Crippen molar-refractivity contribution in [1.82, 2.24) is 29.7 Å². The number of nitrogens with zero attached hydrogens (tertiary/aromatic N) is 6. The Labute approximate surface area is 143 Å².